The summed E-state index contributed by atoms with van der Waals surface area (Å²) in [5, 5.41) is 11.0. The first-order valence-electron chi connectivity index (χ1n) is 8.39. The Morgan fingerprint density at radius 2 is 1.80 bits per heavy atom. The van der Waals surface area contributed by atoms with E-state index in [0.717, 1.165) is 41.8 Å². The number of aliphatic hydroxyl groups is 1. The number of anilines is 1. The maximum Gasteiger partial charge on any atom is 0.123 e. The predicted molar refractivity (Wildman–Crippen MR) is 103 cm³/mol. The first-order valence-corrected chi connectivity index (χ1v) is 9.76. The van der Waals surface area contributed by atoms with Crippen LogP contribution in [0.1, 0.15) is 0 Å². The van der Waals surface area contributed by atoms with Gasteiger partial charge in [-0.1, -0.05) is 17.7 Å². The number of β-amino-alcohol motifs (C(OH)–C–C–N with tert-alkyl or cyclic N) is 1. The van der Waals surface area contributed by atoms with E-state index in [1.807, 2.05) is 36.4 Å². The van der Waals surface area contributed by atoms with Gasteiger partial charge in [0.1, 0.15) is 5.82 Å². The number of piperazine rings is 1. The molecule has 6 heteroatoms. The quantitative estimate of drug-likeness (QED) is 0.772. The molecule has 0 radical (unpaired) electrons. The molecule has 2 aromatic rings. The van der Waals surface area contributed by atoms with Gasteiger partial charge in [-0.25, -0.2) is 4.39 Å². The topological polar surface area (TPSA) is 26.7 Å². The Morgan fingerprint density at radius 3 is 2.48 bits per heavy atom. The second kappa shape index (κ2) is 8.90. The fraction of sp³-hybridized carbons (Fsp3) is 0.368. The maximum absolute atomic E-state index is 13.0. The molecule has 134 valence electrons. The number of thioether (sulfide) groups is 1. The fourth-order valence-electron chi connectivity index (χ4n) is 2.94. The van der Waals surface area contributed by atoms with Crippen molar-refractivity contribution in [2.24, 2.45) is 0 Å². The molecule has 25 heavy (non-hydrogen) atoms. The van der Waals surface area contributed by atoms with Crippen molar-refractivity contribution in [1.29, 1.82) is 0 Å². The van der Waals surface area contributed by atoms with E-state index in [0.29, 0.717) is 12.3 Å². The molecular weight excluding hydrogens is 359 g/mol. The van der Waals surface area contributed by atoms with E-state index in [9.17, 15) is 9.50 Å². The highest BCUT2D eigenvalue weighted by atomic mass is 35.5. The van der Waals surface area contributed by atoms with Crippen molar-refractivity contribution < 1.29 is 9.50 Å². The molecule has 3 nitrogen and oxygen atoms in total. The van der Waals surface area contributed by atoms with Gasteiger partial charge in [0.05, 0.1) is 6.10 Å². The molecule has 1 heterocycles. The van der Waals surface area contributed by atoms with Crippen molar-refractivity contribution in [2.45, 2.75) is 11.0 Å². The molecular formula is C19H22ClFN2OS. The minimum atomic E-state index is -0.374. The zero-order valence-corrected chi connectivity index (χ0v) is 15.5. The van der Waals surface area contributed by atoms with E-state index < -0.39 is 0 Å². The highest BCUT2D eigenvalue weighted by Crippen LogP contribution is 2.23. The van der Waals surface area contributed by atoms with E-state index in [1.165, 1.54) is 12.1 Å². The van der Waals surface area contributed by atoms with E-state index in [1.54, 1.807) is 11.8 Å². The lowest BCUT2D eigenvalue weighted by Gasteiger charge is -2.36. The highest BCUT2D eigenvalue weighted by Gasteiger charge is 2.19. The summed E-state index contributed by atoms with van der Waals surface area (Å²) >= 11 is 7.60. The molecule has 1 N–H and O–H groups in total. The largest absolute Gasteiger partial charge is 0.391 e. The van der Waals surface area contributed by atoms with Gasteiger partial charge in [0, 0.05) is 54.1 Å². The van der Waals surface area contributed by atoms with Gasteiger partial charge in [-0.15, -0.1) is 11.8 Å². The van der Waals surface area contributed by atoms with Gasteiger partial charge in [0.25, 0.3) is 0 Å². The molecule has 1 fully saturated rings. The Labute approximate surface area is 157 Å². The van der Waals surface area contributed by atoms with Gasteiger partial charge in [-0.05, 0) is 42.5 Å². The first-order chi connectivity index (χ1) is 12.1. The van der Waals surface area contributed by atoms with Crippen LogP contribution in [0.15, 0.2) is 53.4 Å². The number of hydrogen-bond acceptors (Lipinski definition) is 4. The van der Waals surface area contributed by atoms with Crippen LogP contribution in [0.2, 0.25) is 5.02 Å². The summed E-state index contributed by atoms with van der Waals surface area (Å²) in [6.07, 6.45) is -0.374. The second-order valence-corrected chi connectivity index (χ2v) is 7.72. The molecule has 0 amide bonds. The zero-order valence-electron chi connectivity index (χ0n) is 13.9. The van der Waals surface area contributed by atoms with Gasteiger partial charge in [0.15, 0.2) is 0 Å². The maximum atomic E-state index is 13.0. The summed E-state index contributed by atoms with van der Waals surface area (Å²) in [6, 6.07) is 14.3. The van der Waals surface area contributed by atoms with E-state index in [4.69, 9.17) is 11.6 Å². The van der Waals surface area contributed by atoms with Crippen LogP contribution in [-0.4, -0.2) is 54.6 Å². The molecule has 3 rings (SSSR count). The van der Waals surface area contributed by atoms with Gasteiger partial charge in [0.2, 0.25) is 0 Å². The fourth-order valence-corrected chi connectivity index (χ4v) is 4.07. The Morgan fingerprint density at radius 1 is 1.08 bits per heavy atom. The third kappa shape index (κ3) is 5.61. The minimum absolute atomic E-state index is 0.206. The smallest absolute Gasteiger partial charge is 0.123 e. The molecule has 0 saturated carbocycles. The standard InChI is InChI=1S/C19H22ClFN2OS/c20-15-2-1-3-19(12-15)25-14-18(24)13-22-8-10-23(11-9-22)17-6-4-16(21)5-7-17/h1-7,12,18,24H,8-11,13-14H2/t18-/m1/s1. The Bertz CT molecular complexity index is 677. The average Bonchev–Trinajstić information content (AvgIpc) is 2.62. The average molecular weight is 381 g/mol. The van der Waals surface area contributed by atoms with Gasteiger partial charge < -0.3 is 10.0 Å². The van der Waals surface area contributed by atoms with Crippen molar-refractivity contribution >= 4 is 29.1 Å². The van der Waals surface area contributed by atoms with Crippen LogP contribution in [0.4, 0.5) is 10.1 Å². The molecule has 0 spiro atoms. The molecule has 0 aromatic heterocycles. The number of nitrogens with zero attached hydrogens (tertiary/aromatic N) is 2. The Balaban J connectivity index is 1.41. The van der Waals surface area contributed by atoms with Crippen LogP contribution in [0.25, 0.3) is 0 Å². The predicted octanol–water partition coefficient (Wildman–Crippen LogP) is 3.75. The van der Waals surface area contributed by atoms with Gasteiger partial charge in [-0.2, -0.15) is 0 Å². The normalized spacial score (nSPS) is 16.8. The van der Waals surface area contributed by atoms with Gasteiger partial charge >= 0.3 is 0 Å². The van der Waals surface area contributed by atoms with Crippen molar-refractivity contribution in [2.75, 3.05) is 43.4 Å². The van der Waals surface area contributed by atoms with Crippen molar-refractivity contribution in [3.05, 3.63) is 59.4 Å². The van der Waals surface area contributed by atoms with E-state index in [2.05, 4.69) is 9.80 Å². The molecule has 0 bridgehead atoms. The van der Waals surface area contributed by atoms with Gasteiger partial charge in [-0.3, -0.25) is 4.90 Å². The number of rotatable bonds is 6. The monoisotopic (exact) mass is 380 g/mol. The molecule has 1 saturated heterocycles. The van der Waals surface area contributed by atoms with E-state index >= 15 is 0 Å². The molecule has 1 aliphatic rings. The SMILES string of the molecule is O[C@@H](CSc1cccc(Cl)c1)CN1CCN(c2ccc(F)cc2)CC1. The van der Waals surface area contributed by atoms with Crippen LogP contribution < -0.4 is 4.90 Å². The molecule has 0 unspecified atom stereocenters. The summed E-state index contributed by atoms with van der Waals surface area (Å²) in [7, 11) is 0. The van der Waals surface area contributed by atoms with Crippen LogP contribution in [0.5, 0.6) is 0 Å². The van der Waals surface area contributed by atoms with Crippen LogP contribution in [-0.2, 0) is 0 Å². The summed E-state index contributed by atoms with van der Waals surface area (Å²) in [5.74, 6) is 0.445. The van der Waals surface area contributed by atoms with Crippen LogP contribution in [0, 0.1) is 5.82 Å². The molecule has 2 aromatic carbocycles. The molecule has 1 aliphatic heterocycles. The van der Waals surface area contributed by atoms with Crippen LogP contribution >= 0.6 is 23.4 Å². The summed E-state index contributed by atoms with van der Waals surface area (Å²) in [5.41, 5.74) is 1.05. The lowest BCUT2D eigenvalue weighted by molar-refractivity contribution is 0.126. The number of benzene rings is 2. The molecule has 1 atom stereocenters. The summed E-state index contributed by atoms with van der Waals surface area (Å²) in [4.78, 5) is 5.61. The third-order valence-corrected chi connectivity index (χ3v) is 5.65. The summed E-state index contributed by atoms with van der Waals surface area (Å²) in [6.45, 7) is 4.25. The summed E-state index contributed by atoms with van der Waals surface area (Å²) < 4.78 is 13.0. The number of aliphatic hydroxyl groups excluding tert-OH is 1. The third-order valence-electron chi connectivity index (χ3n) is 4.27. The Hall–Kier alpha value is -1.27. The van der Waals surface area contributed by atoms with Crippen molar-refractivity contribution in [3.63, 3.8) is 0 Å². The lowest BCUT2D eigenvalue weighted by Crippen LogP contribution is -2.48. The number of hydrogen-bond donors (Lipinski definition) is 1. The first kappa shape index (κ1) is 18.5. The van der Waals surface area contributed by atoms with Crippen LogP contribution in [0.3, 0.4) is 0 Å². The number of halogens is 2. The van der Waals surface area contributed by atoms with Crippen molar-refractivity contribution in [3.8, 4) is 0 Å². The molecule has 0 aliphatic carbocycles. The van der Waals surface area contributed by atoms with E-state index in [-0.39, 0.29) is 11.9 Å². The highest BCUT2D eigenvalue weighted by molar-refractivity contribution is 7.99. The lowest BCUT2D eigenvalue weighted by atomic mass is 10.2. The Kier molecular flexibility index (Phi) is 6.59. The van der Waals surface area contributed by atoms with Crippen molar-refractivity contribution in [1.82, 2.24) is 4.90 Å². The zero-order chi connectivity index (χ0) is 17.6. The minimum Gasteiger partial charge on any atom is -0.391 e. The second-order valence-electron chi connectivity index (χ2n) is 6.19.